The lowest BCUT2D eigenvalue weighted by atomic mass is 10.2. The summed E-state index contributed by atoms with van der Waals surface area (Å²) >= 11 is 5.85. The SMILES string of the molecule is Cc1cc(NS(=O)(=O)c2ccc(C#N)cc2Cl)no1. The fourth-order valence-corrected chi connectivity index (χ4v) is 2.93. The second-order valence-electron chi connectivity index (χ2n) is 3.69. The van der Waals surface area contributed by atoms with E-state index in [1.807, 2.05) is 6.07 Å². The van der Waals surface area contributed by atoms with E-state index >= 15 is 0 Å². The zero-order valence-electron chi connectivity index (χ0n) is 9.71. The molecule has 0 aliphatic heterocycles. The molecule has 0 bridgehead atoms. The number of hydrogen-bond donors (Lipinski definition) is 1. The summed E-state index contributed by atoms with van der Waals surface area (Å²) in [4.78, 5) is -0.131. The predicted octanol–water partition coefficient (Wildman–Crippen LogP) is 2.31. The van der Waals surface area contributed by atoms with E-state index in [-0.39, 0.29) is 21.3 Å². The fourth-order valence-electron chi connectivity index (χ4n) is 1.40. The van der Waals surface area contributed by atoms with E-state index < -0.39 is 10.0 Å². The van der Waals surface area contributed by atoms with Crippen LogP contribution in [0.4, 0.5) is 5.82 Å². The van der Waals surface area contributed by atoms with Gasteiger partial charge in [0.15, 0.2) is 5.82 Å². The molecular formula is C11H8ClN3O3S. The van der Waals surface area contributed by atoms with Crippen LogP contribution in [0.25, 0.3) is 0 Å². The van der Waals surface area contributed by atoms with Crippen molar-refractivity contribution in [3.63, 3.8) is 0 Å². The van der Waals surface area contributed by atoms with Gasteiger partial charge in [0.25, 0.3) is 10.0 Å². The summed E-state index contributed by atoms with van der Waals surface area (Å²) in [6, 6.07) is 7.22. The van der Waals surface area contributed by atoms with Crippen molar-refractivity contribution < 1.29 is 12.9 Å². The molecule has 98 valence electrons. The zero-order valence-corrected chi connectivity index (χ0v) is 11.3. The highest BCUT2D eigenvalue weighted by Gasteiger charge is 2.19. The summed E-state index contributed by atoms with van der Waals surface area (Å²) in [5, 5.41) is 12.2. The number of benzene rings is 1. The molecule has 0 aliphatic rings. The minimum absolute atomic E-state index is 0.0354. The van der Waals surface area contributed by atoms with Crippen LogP contribution < -0.4 is 4.72 Å². The number of rotatable bonds is 3. The minimum atomic E-state index is -3.87. The number of nitriles is 1. The summed E-state index contributed by atoms with van der Waals surface area (Å²) in [5.41, 5.74) is 0.279. The summed E-state index contributed by atoms with van der Waals surface area (Å²) in [6.45, 7) is 1.64. The lowest BCUT2D eigenvalue weighted by Crippen LogP contribution is -2.13. The van der Waals surface area contributed by atoms with Crippen LogP contribution in [0.15, 0.2) is 33.7 Å². The summed E-state index contributed by atoms with van der Waals surface area (Å²) in [5.74, 6) is 0.543. The second kappa shape index (κ2) is 4.91. The van der Waals surface area contributed by atoms with Crippen molar-refractivity contribution in [2.75, 3.05) is 4.72 Å². The molecule has 0 atom stereocenters. The highest BCUT2D eigenvalue weighted by Crippen LogP contribution is 2.24. The van der Waals surface area contributed by atoms with Crippen molar-refractivity contribution in [2.45, 2.75) is 11.8 Å². The molecule has 8 heteroatoms. The molecule has 1 aromatic heterocycles. The van der Waals surface area contributed by atoms with Crippen LogP contribution >= 0.6 is 11.6 Å². The Hall–Kier alpha value is -2.04. The summed E-state index contributed by atoms with van der Waals surface area (Å²) < 4.78 is 31.1. The molecule has 2 rings (SSSR count). The van der Waals surface area contributed by atoms with Gasteiger partial charge in [-0.2, -0.15) is 5.26 Å². The van der Waals surface area contributed by atoms with Crippen LogP contribution in [-0.4, -0.2) is 13.6 Å². The molecule has 1 N–H and O–H groups in total. The smallest absolute Gasteiger partial charge is 0.264 e. The molecule has 0 fully saturated rings. The third-order valence-electron chi connectivity index (χ3n) is 2.22. The Kier molecular flexibility index (Phi) is 3.46. The standard InChI is InChI=1S/C11H8ClN3O3S/c1-7-4-11(14-18-7)15-19(16,17)10-3-2-8(6-13)5-9(10)12/h2-5H,1H3,(H,14,15). The topological polar surface area (TPSA) is 96.0 Å². The van der Waals surface area contributed by atoms with E-state index in [1.165, 1.54) is 24.3 Å². The lowest BCUT2D eigenvalue weighted by Gasteiger charge is -2.06. The van der Waals surface area contributed by atoms with Crippen LogP contribution in [0.2, 0.25) is 5.02 Å². The molecule has 0 saturated heterocycles. The molecule has 0 radical (unpaired) electrons. The highest BCUT2D eigenvalue weighted by atomic mass is 35.5. The van der Waals surface area contributed by atoms with Crippen LogP contribution in [-0.2, 0) is 10.0 Å². The van der Waals surface area contributed by atoms with E-state index in [1.54, 1.807) is 6.92 Å². The average Bonchev–Trinajstić information content (AvgIpc) is 2.73. The van der Waals surface area contributed by atoms with Gasteiger partial charge in [-0.05, 0) is 25.1 Å². The monoisotopic (exact) mass is 297 g/mol. The molecule has 0 amide bonds. The van der Waals surface area contributed by atoms with Crippen LogP contribution in [0.3, 0.4) is 0 Å². The molecule has 2 aromatic rings. The number of aromatic nitrogens is 1. The van der Waals surface area contributed by atoms with Crippen molar-refractivity contribution in [3.05, 3.63) is 40.6 Å². The molecular weight excluding hydrogens is 290 g/mol. The maximum atomic E-state index is 12.1. The first kappa shape index (κ1) is 13.4. The van der Waals surface area contributed by atoms with Gasteiger partial charge in [-0.15, -0.1) is 0 Å². The maximum Gasteiger partial charge on any atom is 0.264 e. The van der Waals surface area contributed by atoms with E-state index in [0.717, 1.165) is 0 Å². The Balaban J connectivity index is 2.37. The third-order valence-corrected chi connectivity index (χ3v) is 4.06. The second-order valence-corrected chi connectivity index (χ2v) is 5.74. The van der Waals surface area contributed by atoms with Gasteiger partial charge in [0, 0.05) is 6.07 Å². The molecule has 6 nitrogen and oxygen atoms in total. The van der Waals surface area contributed by atoms with Crippen molar-refractivity contribution in [2.24, 2.45) is 0 Å². The lowest BCUT2D eigenvalue weighted by molar-refractivity contribution is 0.400. The van der Waals surface area contributed by atoms with Gasteiger partial charge in [0.1, 0.15) is 10.7 Å². The summed E-state index contributed by atoms with van der Waals surface area (Å²) in [7, 11) is -3.87. The molecule has 19 heavy (non-hydrogen) atoms. The Morgan fingerprint density at radius 2 is 2.16 bits per heavy atom. The number of nitrogens with zero attached hydrogens (tertiary/aromatic N) is 2. The van der Waals surface area contributed by atoms with Gasteiger partial charge >= 0.3 is 0 Å². The fraction of sp³-hybridized carbons (Fsp3) is 0.0909. The van der Waals surface area contributed by atoms with Crippen LogP contribution in [0.1, 0.15) is 11.3 Å². The quantitative estimate of drug-likeness (QED) is 0.937. The molecule has 1 aromatic carbocycles. The Bertz CT molecular complexity index is 762. The number of aryl methyl sites for hydroxylation is 1. The number of anilines is 1. The van der Waals surface area contributed by atoms with Crippen molar-refractivity contribution >= 4 is 27.4 Å². The molecule has 0 spiro atoms. The maximum absolute atomic E-state index is 12.1. The van der Waals surface area contributed by atoms with Crippen LogP contribution in [0, 0.1) is 18.3 Å². The third kappa shape index (κ3) is 2.86. The predicted molar refractivity (Wildman–Crippen MR) is 68.2 cm³/mol. The van der Waals surface area contributed by atoms with Gasteiger partial charge < -0.3 is 4.52 Å². The van der Waals surface area contributed by atoms with Gasteiger partial charge in [0.05, 0.1) is 16.7 Å². The Morgan fingerprint density at radius 3 is 2.68 bits per heavy atom. The van der Waals surface area contributed by atoms with E-state index in [2.05, 4.69) is 9.88 Å². The van der Waals surface area contributed by atoms with Gasteiger partial charge in [-0.1, -0.05) is 16.8 Å². The molecule has 0 saturated carbocycles. The van der Waals surface area contributed by atoms with E-state index in [9.17, 15) is 8.42 Å². The Morgan fingerprint density at radius 1 is 1.42 bits per heavy atom. The first-order valence-electron chi connectivity index (χ1n) is 5.08. The van der Waals surface area contributed by atoms with E-state index in [4.69, 9.17) is 21.4 Å². The highest BCUT2D eigenvalue weighted by molar-refractivity contribution is 7.92. The largest absolute Gasteiger partial charge is 0.360 e. The minimum Gasteiger partial charge on any atom is -0.360 e. The summed E-state index contributed by atoms with van der Waals surface area (Å²) in [6.07, 6.45) is 0. The average molecular weight is 298 g/mol. The van der Waals surface area contributed by atoms with Gasteiger partial charge in [-0.3, -0.25) is 4.72 Å². The first-order valence-corrected chi connectivity index (χ1v) is 6.94. The Labute approximate surface area is 114 Å². The molecule has 1 heterocycles. The first-order chi connectivity index (χ1) is 8.92. The van der Waals surface area contributed by atoms with Gasteiger partial charge in [-0.25, -0.2) is 8.42 Å². The number of hydrogen-bond acceptors (Lipinski definition) is 5. The van der Waals surface area contributed by atoms with Crippen LogP contribution in [0.5, 0.6) is 0 Å². The van der Waals surface area contributed by atoms with Crippen molar-refractivity contribution in [1.82, 2.24) is 5.16 Å². The van der Waals surface area contributed by atoms with E-state index in [0.29, 0.717) is 5.76 Å². The zero-order chi connectivity index (χ0) is 14.0. The molecule has 0 unspecified atom stereocenters. The van der Waals surface area contributed by atoms with Crippen molar-refractivity contribution in [1.29, 1.82) is 5.26 Å². The molecule has 0 aliphatic carbocycles. The van der Waals surface area contributed by atoms with Gasteiger partial charge in [0.2, 0.25) is 0 Å². The number of sulfonamides is 1. The number of halogens is 1. The number of nitrogens with one attached hydrogen (secondary N) is 1. The normalized spacial score (nSPS) is 11.0. The van der Waals surface area contributed by atoms with Crippen molar-refractivity contribution in [3.8, 4) is 6.07 Å².